The van der Waals surface area contributed by atoms with Gasteiger partial charge in [0.2, 0.25) is 0 Å². The molecule has 4 nitrogen and oxygen atoms in total. The predicted molar refractivity (Wildman–Crippen MR) is 248 cm³/mol. The second kappa shape index (κ2) is 13.1. The van der Waals surface area contributed by atoms with Crippen LogP contribution < -0.4 is 0 Å². The largest absolute Gasteiger partial charge is 0.333 e. The summed E-state index contributed by atoms with van der Waals surface area (Å²) in [6.45, 7) is 0. The Morgan fingerprint density at radius 1 is 0.448 bits per heavy atom. The molecule has 0 saturated heterocycles. The number of rotatable bonds is 5. The molecule has 0 amide bonds. The predicted octanol–water partition coefficient (Wildman–Crippen LogP) is 14.0. The Balaban J connectivity index is 0.937. The van der Waals surface area contributed by atoms with Crippen LogP contribution >= 0.6 is 22.7 Å². The third-order valence-electron chi connectivity index (χ3n) is 11.7. The number of para-hydroxylation sites is 2. The summed E-state index contributed by atoms with van der Waals surface area (Å²) < 4.78 is 7.54. The van der Waals surface area contributed by atoms with Crippen LogP contribution in [0.2, 0.25) is 0 Å². The Morgan fingerprint density at radius 3 is 1.76 bits per heavy atom. The zero-order valence-corrected chi connectivity index (χ0v) is 33.1. The second-order valence-corrected chi connectivity index (χ2v) is 17.1. The number of nitrogens with zero attached hydrogens (tertiary/aromatic N) is 4. The number of aliphatic imine (C=N–C) groups is 2. The van der Waals surface area contributed by atoms with Gasteiger partial charge in [-0.2, -0.15) is 0 Å². The van der Waals surface area contributed by atoms with Crippen LogP contribution in [0.15, 0.2) is 192 Å². The number of amidine groups is 2. The van der Waals surface area contributed by atoms with Crippen LogP contribution in [0, 0.1) is 0 Å². The number of benzene rings is 8. The Bertz CT molecular complexity index is 3430. The van der Waals surface area contributed by atoms with Crippen molar-refractivity contribution in [3.8, 4) is 16.8 Å². The molecule has 0 spiro atoms. The van der Waals surface area contributed by atoms with Gasteiger partial charge >= 0.3 is 0 Å². The standard InChI is InChI=1S/C52H34N4S2/c1-55-51(33-15-6-3-7-16-33)53-50(32-13-4-2-5-14-32)54-52(55)42-20-12-19-41-39-26-23-35(30-48(39)58-49(41)42)34-24-27-40-43-31-36(25-28-46(43)57-47(40)29-34)56-44-21-10-8-17-37(44)38-18-9-11-22-45(38)56/h2-31,52H,1H3. The van der Waals surface area contributed by atoms with E-state index in [9.17, 15) is 0 Å². The van der Waals surface area contributed by atoms with Crippen LogP contribution in [0.4, 0.5) is 0 Å². The lowest BCUT2D eigenvalue weighted by molar-refractivity contribution is 0.385. The molecule has 1 aliphatic heterocycles. The van der Waals surface area contributed by atoms with Gasteiger partial charge in [0.05, 0.1) is 11.0 Å². The second-order valence-electron chi connectivity index (χ2n) is 15.0. The highest BCUT2D eigenvalue weighted by atomic mass is 32.1. The summed E-state index contributed by atoms with van der Waals surface area (Å²) in [5.74, 6) is 1.67. The number of fused-ring (bicyclic) bond motifs is 9. The normalized spacial score (nSPS) is 14.6. The van der Waals surface area contributed by atoms with Gasteiger partial charge in [0.15, 0.2) is 12.0 Å². The maximum absolute atomic E-state index is 5.32. The van der Waals surface area contributed by atoms with Gasteiger partial charge in [-0.3, -0.25) is 0 Å². The van der Waals surface area contributed by atoms with Gasteiger partial charge in [0.25, 0.3) is 0 Å². The first kappa shape index (κ1) is 33.3. The lowest BCUT2D eigenvalue weighted by Gasteiger charge is -2.32. The molecular weight excluding hydrogens is 745 g/mol. The number of thiophene rings is 2. The van der Waals surface area contributed by atoms with Crippen LogP contribution in [-0.2, 0) is 0 Å². The maximum Gasteiger partial charge on any atom is 0.159 e. The molecule has 0 fully saturated rings. The summed E-state index contributed by atoms with van der Waals surface area (Å²) in [6, 6.07) is 65.8. The minimum atomic E-state index is -0.231. The van der Waals surface area contributed by atoms with E-state index in [0.29, 0.717) is 0 Å². The summed E-state index contributed by atoms with van der Waals surface area (Å²) in [5.41, 5.74) is 9.38. The van der Waals surface area contributed by atoms with E-state index in [1.165, 1.54) is 84.5 Å². The van der Waals surface area contributed by atoms with Gasteiger partial charge in [0.1, 0.15) is 5.84 Å². The Labute approximate surface area is 342 Å². The van der Waals surface area contributed by atoms with Crippen molar-refractivity contribution in [2.75, 3.05) is 7.05 Å². The Morgan fingerprint density at radius 2 is 1.05 bits per heavy atom. The molecule has 274 valence electrons. The summed E-state index contributed by atoms with van der Waals surface area (Å²) in [4.78, 5) is 12.7. The lowest BCUT2D eigenvalue weighted by atomic mass is 10.0. The van der Waals surface area contributed by atoms with E-state index in [-0.39, 0.29) is 6.17 Å². The number of aromatic nitrogens is 1. The Hall–Kier alpha value is -6.86. The van der Waals surface area contributed by atoms with Crippen LogP contribution in [0.5, 0.6) is 0 Å². The minimum absolute atomic E-state index is 0.231. The fourth-order valence-corrected chi connectivity index (χ4v) is 11.3. The van der Waals surface area contributed by atoms with Crippen molar-refractivity contribution < 1.29 is 0 Å². The molecule has 3 aromatic heterocycles. The first-order valence-electron chi connectivity index (χ1n) is 19.6. The molecule has 0 N–H and O–H groups in total. The highest BCUT2D eigenvalue weighted by Crippen LogP contribution is 2.44. The molecule has 1 unspecified atom stereocenters. The SMILES string of the molecule is CN1C(c2ccccc2)=NC(c2ccccc2)=NC1c1cccc2c1sc1cc(-c3ccc4c(c3)sc3ccc(-n5c6ccccc6c6ccccc65)cc34)ccc12. The zero-order valence-electron chi connectivity index (χ0n) is 31.5. The van der Waals surface area contributed by atoms with E-state index < -0.39 is 0 Å². The number of hydrogen-bond donors (Lipinski definition) is 0. The molecule has 4 heterocycles. The van der Waals surface area contributed by atoms with E-state index in [4.69, 9.17) is 9.98 Å². The van der Waals surface area contributed by atoms with Crippen molar-refractivity contribution in [1.82, 2.24) is 9.47 Å². The third-order valence-corrected chi connectivity index (χ3v) is 14.0. The lowest BCUT2D eigenvalue weighted by Crippen LogP contribution is -2.35. The van der Waals surface area contributed by atoms with Crippen LogP contribution in [0.1, 0.15) is 22.9 Å². The first-order valence-corrected chi connectivity index (χ1v) is 21.2. The molecular formula is C52H34N4S2. The fraction of sp³-hybridized carbons (Fsp3) is 0.0385. The average molecular weight is 779 g/mol. The fourth-order valence-electron chi connectivity index (χ4n) is 8.87. The molecule has 0 radical (unpaired) electrons. The van der Waals surface area contributed by atoms with Gasteiger partial charge in [-0.15, -0.1) is 22.7 Å². The summed E-state index contributed by atoms with van der Waals surface area (Å²) in [6.07, 6.45) is -0.231. The minimum Gasteiger partial charge on any atom is -0.333 e. The van der Waals surface area contributed by atoms with Crippen molar-refractivity contribution >= 4 is 96.5 Å². The average Bonchev–Trinajstić information content (AvgIpc) is 3.96. The molecule has 1 aliphatic rings. The van der Waals surface area contributed by atoms with E-state index in [1.807, 2.05) is 34.8 Å². The summed E-state index contributed by atoms with van der Waals surface area (Å²) in [5, 5.41) is 7.69. The van der Waals surface area contributed by atoms with Crippen molar-refractivity contribution in [2.24, 2.45) is 9.98 Å². The summed E-state index contributed by atoms with van der Waals surface area (Å²) in [7, 11) is 2.11. The van der Waals surface area contributed by atoms with E-state index in [1.54, 1.807) is 0 Å². The van der Waals surface area contributed by atoms with Gasteiger partial charge in [0, 0.05) is 80.5 Å². The van der Waals surface area contributed by atoms with Crippen LogP contribution in [0.25, 0.3) is 79.0 Å². The van der Waals surface area contributed by atoms with E-state index >= 15 is 0 Å². The summed E-state index contributed by atoms with van der Waals surface area (Å²) >= 11 is 3.73. The molecule has 12 rings (SSSR count). The van der Waals surface area contributed by atoms with Gasteiger partial charge in [-0.05, 0) is 53.6 Å². The van der Waals surface area contributed by atoms with Gasteiger partial charge in [-0.25, -0.2) is 9.98 Å². The highest BCUT2D eigenvalue weighted by molar-refractivity contribution is 7.26. The van der Waals surface area contributed by atoms with Crippen LogP contribution in [-0.4, -0.2) is 28.2 Å². The van der Waals surface area contributed by atoms with Crippen molar-refractivity contribution in [2.45, 2.75) is 6.17 Å². The Kier molecular flexibility index (Phi) is 7.52. The molecule has 0 bridgehead atoms. The van der Waals surface area contributed by atoms with E-state index in [0.717, 1.165) is 22.8 Å². The van der Waals surface area contributed by atoms with Crippen molar-refractivity contribution in [3.05, 3.63) is 199 Å². The van der Waals surface area contributed by atoms with Crippen molar-refractivity contribution in [1.29, 1.82) is 0 Å². The zero-order chi connectivity index (χ0) is 38.3. The molecule has 8 aromatic carbocycles. The van der Waals surface area contributed by atoms with E-state index in [2.05, 4.69) is 186 Å². The number of hydrogen-bond acceptors (Lipinski definition) is 5. The first-order chi connectivity index (χ1) is 28.7. The van der Waals surface area contributed by atoms with Gasteiger partial charge < -0.3 is 9.47 Å². The molecule has 11 aromatic rings. The quantitative estimate of drug-likeness (QED) is 0.171. The van der Waals surface area contributed by atoms with Crippen molar-refractivity contribution in [3.63, 3.8) is 0 Å². The molecule has 58 heavy (non-hydrogen) atoms. The molecule has 1 atom stereocenters. The third kappa shape index (κ3) is 5.19. The maximum atomic E-state index is 5.32. The molecule has 6 heteroatoms. The highest BCUT2D eigenvalue weighted by Gasteiger charge is 2.29. The van der Waals surface area contributed by atoms with Gasteiger partial charge in [-0.1, -0.05) is 140 Å². The van der Waals surface area contributed by atoms with Crippen LogP contribution in [0.3, 0.4) is 0 Å². The topological polar surface area (TPSA) is 32.9 Å². The molecule has 0 saturated carbocycles. The monoisotopic (exact) mass is 778 g/mol. The molecule has 0 aliphatic carbocycles. The smallest absolute Gasteiger partial charge is 0.159 e.